The van der Waals surface area contributed by atoms with Crippen molar-refractivity contribution < 1.29 is 14.3 Å². The number of ketones is 1. The van der Waals surface area contributed by atoms with Crippen LogP contribution in [0, 0.1) is 6.92 Å². The van der Waals surface area contributed by atoms with Gasteiger partial charge >= 0.3 is 0 Å². The molecule has 4 aromatic rings. The second-order valence-corrected chi connectivity index (χ2v) is 9.29. The van der Waals surface area contributed by atoms with Gasteiger partial charge in [0, 0.05) is 47.8 Å². The van der Waals surface area contributed by atoms with Gasteiger partial charge in [0.2, 0.25) is 5.78 Å². The zero-order valence-electron chi connectivity index (χ0n) is 19.0. The molecule has 0 saturated carbocycles. The molecule has 0 unspecified atom stereocenters. The number of rotatable bonds is 3. The van der Waals surface area contributed by atoms with Crippen molar-refractivity contribution in [2.45, 2.75) is 20.0 Å². The Labute approximate surface area is 202 Å². The first-order valence-corrected chi connectivity index (χ1v) is 11.6. The summed E-state index contributed by atoms with van der Waals surface area (Å²) in [6.07, 6.45) is 3.87. The Balaban J connectivity index is 1.36. The van der Waals surface area contributed by atoms with Gasteiger partial charge in [-0.15, -0.1) is 0 Å². The number of para-hydroxylation sites is 1. The first kappa shape index (κ1) is 21.0. The minimum absolute atomic E-state index is 0.0912. The predicted molar refractivity (Wildman–Crippen MR) is 133 cm³/mol. The molecule has 0 amide bonds. The highest BCUT2D eigenvalue weighted by atomic mass is 35.5. The maximum atomic E-state index is 13.4. The molecule has 3 aromatic carbocycles. The highest BCUT2D eigenvalue weighted by Crippen LogP contribution is 2.44. The van der Waals surface area contributed by atoms with Crippen molar-refractivity contribution in [2.75, 3.05) is 6.73 Å². The quantitative estimate of drug-likeness (QED) is 0.339. The monoisotopic (exact) mass is 470 g/mol. The Morgan fingerprint density at radius 2 is 1.91 bits per heavy atom. The van der Waals surface area contributed by atoms with Gasteiger partial charge in [0.1, 0.15) is 18.2 Å². The fraction of sp³-hybridized carbons (Fsp3) is 0.179. The molecule has 34 heavy (non-hydrogen) atoms. The molecule has 2 aliphatic rings. The van der Waals surface area contributed by atoms with Crippen LogP contribution in [0.5, 0.6) is 11.5 Å². The van der Waals surface area contributed by atoms with Crippen LogP contribution in [0.3, 0.4) is 0 Å². The van der Waals surface area contributed by atoms with E-state index in [1.165, 1.54) is 0 Å². The molecule has 0 N–H and O–H groups in total. The van der Waals surface area contributed by atoms with Crippen LogP contribution in [0.15, 0.2) is 66.6 Å². The molecule has 0 aliphatic carbocycles. The van der Waals surface area contributed by atoms with Gasteiger partial charge in [-0.25, -0.2) is 0 Å². The van der Waals surface area contributed by atoms with Crippen LogP contribution in [0.2, 0.25) is 5.02 Å². The zero-order valence-corrected chi connectivity index (χ0v) is 19.7. The summed E-state index contributed by atoms with van der Waals surface area (Å²) in [6.45, 7) is 3.64. The minimum atomic E-state index is -0.0912. The fourth-order valence-electron chi connectivity index (χ4n) is 4.87. The topological polar surface area (TPSA) is 43.7 Å². The molecule has 3 heterocycles. The molecule has 0 bridgehead atoms. The van der Waals surface area contributed by atoms with Gasteiger partial charge in [0.25, 0.3) is 0 Å². The number of carbonyl (C=O) groups excluding carboxylic acids is 1. The standard InChI is InChI=1S/C28H23ClN2O3/c1-17-11-24-21(15-31(16-33-24)14-18-7-3-5-9-22(18)29)28-26(17)27(32)25(34-28)12-19-13-30(2)23-10-6-4-8-20(19)23/h3-13H,14-16H2,1-2H3/b25-12-. The average Bonchev–Trinajstić information content (AvgIpc) is 3.33. The van der Waals surface area contributed by atoms with Crippen LogP contribution in [0.4, 0.5) is 0 Å². The molecule has 1 aromatic heterocycles. The van der Waals surface area contributed by atoms with Crippen molar-refractivity contribution in [3.05, 3.63) is 99.4 Å². The van der Waals surface area contributed by atoms with E-state index < -0.39 is 0 Å². The molecule has 6 rings (SSSR count). The van der Waals surface area contributed by atoms with E-state index in [9.17, 15) is 4.79 Å². The lowest BCUT2D eigenvalue weighted by atomic mass is 9.98. The van der Waals surface area contributed by atoms with Crippen LogP contribution in [0.25, 0.3) is 17.0 Å². The van der Waals surface area contributed by atoms with Crippen LogP contribution in [-0.4, -0.2) is 22.0 Å². The Hall–Kier alpha value is -3.54. The molecule has 0 saturated heterocycles. The first-order valence-electron chi connectivity index (χ1n) is 11.2. The number of Topliss-reactive ketones (excluding diaryl/α,β-unsaturated/α-hetero) is 1. The van der Waals surface area contributed by atoms with Crippen LogP contribution in [-0.2, 0) is 20.1 Å². The number of nitrogens with zero attached hydrogens (tertiary/aromatic N) is 2. The number of hydrogen-bond acceptors (Lipinski definition) is 4. The number of allylic oxidation sites excluding steroid dienone is 1. The number of fused-ring (bicyclic) bond motifs is 4. The van der Waals surface area contributed by atoms with Crippen molar-refractivity contribution in [3.8, 4) is 11.5 Å². The van der Waals surface area contributed by atoms with E-state index in [-0.39, 0.29) is 5.78 Å². The third-order valence-corrected chi connectivity index (χ3v) is 6.92. The van der Waals surface area contributed by atoms with Gasteiger partial charge in [0.15, 0.2) is 5.76 Å². The summed E-state index contributed by atoms with van der Waals surface area (Å²) in [5.74, 6) is 1.62. The summed E-state index contributed by atoms with van der Waals surface area (Å²) < 4.78 is 14.4. The molecule has 6 heteroatoms. The van der Waals surface area contributed by atoms with E-state index in [2.05, 4.69) is 21.6 Å². The SMILES string of the molecule is Cc1cc2c(c3c1C(=O)/C(=C/c1cn(C)c4ccccc14)O3)CN(Cc1ccccc1Cl)CO2. The predicted octanol–water partition coefficient (Wildman–Crippen LogP) is 6.11. The Kier molecular flexibility index (Phi) is 4.97. The molecule has 170 valence electrons. The van der Waals surface area contributed by atoms with Crippen LogP contribution in [0.1, 0.15) is 32.6 Å². The van der Waals surface area contributed by atoms with Crippen LogP contribution >= 0.6 is 11.6 Å². The van der Waals surface area contributed by atoms with Gasteiger partial charge in [-0.1, -0.05) is 48.0 Å². The van der Waals surface area contributed by atoms with Gasteiger partial charge < -0.3 is 14.0 Å². The van der Waals surface area contributed by atoms with Crippen LogP contribution < -0.4 is 9.47 Å². The van der Waals surface area contributed by atoms with E-state index in [0.29, 0.717) is 36.9 Å². The summed E-state index contributed by atoms with van der Waals surface area (Å²) in [5.41, 5.74) is 5.47. The molecular formula is C28H23ClN2O3. The number of aromatic nitrogens is 1. The number of halogens is 1. The molecule has 0 radical (unpaired) electrons. The lowest BCUT2D eigenvalue weighted by Crippen LogP contribution is -2.32. The maximum Gasteiger partial charge on any atom is 0.232 e. The maximum absolute atomic E-state index is 13.4. The number of hydrogen-bond donors (Lipinski definition) is 0. The third-order valence-electron chi connectivity index (χ3n) is 6.55. The lowest BCUT2D eigenvalue weighted by molar-refractivity contribution is 0.0872. The van der Waals surface area contributed by atoms with Gasteiger partial charge in [-0.3, -0.25) is 9.69 Å². The van der Waals surface area contributed by atoms with Gasteiger partial charge in [-0.05, 0) is 42.3 Å². The van der Waals surface area contributed by atoms with Crippen molar-refractivity contribution in [3.63, 3.8) is 0 Å². The zero-order chi connectivity index (χ0) is 23.4. The van der Waals surface area contributed by atoms with Crippen molar-refractivity contribution in [1.82, 2.24) is 9.47 Å². The molecule has 5 nitrogen and oxygen atoms in total. The molecule has 0 atom stereocenters. The van der Waals surface area contributed by atoms with E-state index >= 15 is 0 Å². The van der Waals surface area contributed by atoms with E-state index in [4.69, 9.17) is 21.1 Å². The molecular weight excluding hydrogens is 448 g/mol. The summed E-state index contributed by atoms with van der Waals surface area (Å²) in [7, 11) is 2.00. The fourth-order valence-corrected chi connectivity index (χ4v) is 5.07. The smallest absolute Gasteiger partial charge is 0.232 e. The second kappa shape index (κ2) is 8.05. The molecule has 0 fully saturated rings. The first-order chi connectivity index (χ1) is 16.5. The summed E-state index contributed by atoms with van der Waals surface area (Å²) in [6, 6.07) is 17.9. The van der Waals surface area contributed by atoms with E-state index in [1.54, 1.807) is 0 Å². The minimum Gasteiger partial charge on any atom is -0.478 e. The highest BCUT2D eigenvalue weighted by Gasteiger charge is 2.35. The lowest BCUT2D eigenvalue weighted by Gasteiger charge is -2.30. The number of ether oxygens (including phenoxy) is 2. The molecule has 0 spiro atoms. The van der Waals surface area contributed by atoms with Gasteiger partial charge in [0.05, 0.1) is 11.1 Å². The number of carbonyl (C=O) groups is 1. The Morgan fingerprint density at radius 3 is 2.76 bits per heavy atom. The number of aryl methyl sites for hydroxylation is 2. The Bertz CT molecular complexity index is 1500. The molecule has 2 aliphatic heterocycles. The Morgan fingerprint density at radius 1 is 1.12 bits per heavy atom. The van der Waals surface area contributed by atoms with Crippen molar-refractivity contribution >= 4 is 34.4 Å². The average molecular weight is 471 g/mol. The highest BCUT2D eigenvalue weighted by molar-refractivity contribution is 6.31. The van der Waals surface area contributed by atoms with Crippen molar-refractivity contribution in [2.24, 2.45) is 7.05 Å². The summed E-state index contributed by atoms with van der Waals surface area (Å²) >= 11 is 6.37. The van der Waals surface area contributed by atoms with E-state index in [1.807, 2.05) is 68.7 Å². The number of benzene rings is 3. The summed E-state index contributed by atoms with van der Waals surface area (Å²) in [5, 5.41) is 1.81. The third kappa shape index (κ3) is 3.40. The van der Waals surface area contributed by atoms with Gasteiger partial charge in [-0.2, -0.15) is 0 Å². The van der Waals surface area contributed by atoms with E-state index in [0.717, 1.165) is 43.9 Å². The second-order valence-electron chi connectivity index (χ2n) is 8.88. The van der Waals surface area contributed by atoms with Crippen molar-refractivity contribution in [1.29, 1.82) is 0 Å². The largest absolute Gasteiger partial charge is 0.478 e. The normalized spacial score (nSPS) is 16.4. The summed E-state index contributed by atoms with van der Waals surface area (Å²) in [4.78, 5) is 15.5.